The summed E-state index contributed by atoms with van der Waals surface area (Å²) < 4.78 is 27.9. The van der Waals surface area contributed by atoms with Crippen molar-refractivity contribution in [2.45, 2.75) is 25.3 Å². The van der Waals surface area contributed by atoms with Gasteiger partial charge in [-0.2, -0.15) is 0 Å². The highest BCUT2D eigenvalue weighted by Gasteiger charge is 2.29. The number of halogens is 3. The molecule has 2 nitrogen and oxygen atoms in total. The number of hydrogen-bond donors (Lipinski definition) is 0. The van der Waals surface area contributed by atoms with E-state index in [2.05, 4.69) is 20.8 Å². The van der Waals surface area contributed by atoms with E-state index in [9.17, 15) is 8.78 Å². The smallest absolute Gasteiger partial charge is 0.147 e. The van der Waals surface area contributed by atoms with Gasteiger partial charge < -0.3 is 4.90 Å². The molecule has 1 unspecified atom stereocenters. The molecule has 0 aliphatic carbocycles. The Balaban J connectivity index is 1.86. The monoisotopic (exact) mass is 330 g/mol. The molecular formula is C14H17BrF2N2. The molecule has 2 aliphatic rings. The van der Waals surface area contributed by atoms with Crippen molar-refractivity contribution in [2.24, 2.45) is 0 Å². The van der Waals surface area contributed by atoms with Crippen LogP contribution in [0.25, 0.3) is 0 Å². The molecule has 1 atom stereocenters. The van der Waals surface area contributed by atoms with Crippen LogP contribution in [-0.2, 0) is 0 Å². The lowest BCUT2D eigenvalue weighted by Crippen LogP contribution is -2.37. The molecule has 2 saturated heterocycles. The number of hydrogen-bond acceptors (Lipinski definition) is 2. The van der Waals surface area contributed by atoms with Gasteiger partial charge in [-0.05, 0) is 47.8 Å². The van der Waals surface area contributed by atoms with Crippen LogP contribution < -0.4 is 4.90 Å². The summed E-state index contributed by atoms with van der Waals surface area (Å²) in [6.45, 7) is 3.82. The highest BCUT2D eigenvalue weighted by atomic mass is 79.9. The molecule has 0 radical (unpaired) electrons. The minimum Gasteiger partial charge on any atom is -0.367 e. The van der Waals surface area contributed by atoms with E-state index < -0.39 is 5.82 Å². The first-order valence-corrected chi connectivity index (χ1v) is 7.58. The molecule has 0 bridgehead atoms. The van der Waals surface area contributed by atoms with Gasteiger partial charge in [-0.1, -0.05) is 0 Å². The first-order valence-electron chi connectivity index (χ1n) is 6.78. The molecule has 1 aromatic rings. The summed E-state index contributed by atoms with van der Waals surface area (Å²) in [5.74, 6) is -0.747. The molecule has 104 valence electrons. The van der Waals surface area contributed by atoms with Crippen molar-refractivity contribution < 1.29 is 8.78 Å². The van der Waals surface area contributed by atoms with E-state index in [1.54, 1.807) is 0 Å². The Morgan fingerprint density at radius 1 is 1.05 bits per heavy atom. The zero-order valence-electron chi connectivity index (χ0n) is 10.7. The summed E-state index contributed by atoms with van der Waals surface area (Å²) in [5.41, 5.74) is 0.398. The van der Waals surface area contributed by atoms with E-state index >= 15 is 0 Å². The molecular weight excluding hydrogens is 314 g/mol. The summed E-state index contributed by atoms with van der Waals surface area (Å²) in [6.07, 6.45) is 3.39. The highest BCUT2D eigenvalue weighted by Crippen LogP contribution is 2.29. The third-order valence-corrected chi connectivity index (χ3v) is 4.74. The number of anilines is 1. The molecule has 2 heterocycles. The van der Waals surface area contributed by atoms with Gasteiger partial charge in [0.25, 0.3) is 0 Å². The molecule has 2 aliphatic heterocycles. The minimum atomic E-state index is -0.399. The third kappa shape index (κ3) is 2.63. The fraction of sp³-hybridized carbons (Fsp3) is 0.571. The Labute approximate surface area is 120 Å². The zero-order valence-corrected chi connectivity index (χ0v) is 12.3. The fourth-order valence-electron chi connectivity index (χ4n) is 3.18. The van der Waals surface area contributed by atoms with Gasteiger partial charge >= 0.3 is 0 Å². The van der Waals surface area contributed by atoms with Crippen molar-refractivity contribution >= 4 is 21.6 Å². The van der Waals surface area contributed by atoms with Crippen molar-refractivity contribution in [1.82, 2.24) is 4.90 Å². The predicted octanol–water partition coefficient (Wildman–Crippen LogP) is 3.40. The average molecular weight is 331 g/mol. The molecule has 0 saturated carbocycles. The van der Waals surface area contributed by atoms with Gasteiger partial charge in [0.2, 0.25) is 0 Å². The van der Waals surface area contributed by atoms with Gasteiger partial charge in [0.05, 0.1) is 10.2 Å². The maximum atomic E-state index is 14.0. The van der Waals surface area contributed by atoms with Gasteiger partial charge in [-0.3, -0.25) is 4.90 Å². The van der Waals surface area contributed by atoms with Crippen LogP contribution in [-0.4, -0.2) is 37.1 Å². The standard InChI is InChI=1S/C14H17BrF2N2/c15-11-7-13(17)14(8-12(11)16)19-6-2-5-18-4-1-3-10(18)9-19/h7-8,10H,1-6,9H2. The normalized spacial score (nSPS) is 24.4. The predicted molar refractivity (Wildman–Crippen MR) is 75.5 cm³/mol. The number of rotatable bonds is 1. The first kappa shape index (κ1) is 13.3. The Morgan fingerprint density at radius 3 is 2.68 bits per heavy atom. The number of nitrogens with zero attached hydrogens (tertiary/aromatic N) is 2. The molecule has 0 N–H and O–H groups in total. The Kier molecular flexibility index (Phi) is 3.76. The van der Waals surface area contributed by atoms with Gasteiger partial charge in [0, 0.05) is 31.7 Å². The highest BCUT2D eigenvalue weighted by molar-refractivity contribution is 9.10. The third-order valence-electron chi connectivity index (χ3n) is 4.13. The topological polar surface area (TPSA) is 6.48 Å². The van der Waals surface area contributed by atoms with Crippen LogP contribution in [0.15, 0.2) is 16.6 Å². The minimum absolute atomic E-state index is 0.186. The van der Waals surface area contributed by atoms with Crippen molar-refractivity contribution in [3.05, 3.63) is 28.2 Å². The van der Waals surface area contributed by atoms with Gasteiger partial charge in [0.1, 0.15) is 11.6 Å². The summed E-state index contributed by atoms with van der Waals surface area (Å²) in [4.78, 5) is 4.48. The molecule has 0 spiro atoms. The number of fused-ring (bicyclic) bond motifs is 1. The SMILES string of the molecule is Fc1cc(N2CCCN3CCCC3C2)c(F)cc1Br. The quantitative estimate of drug-likeness (QED) is 0.728. The first-order chi connectivity index (χ1) is 9.15. The molecule has 3 rings (SSSR count). The maximum absolute atomic E-state index is 14.0. The average Bonchev–Trinajstić information content (AvgIpc) is 2.71. The second kappa shape index (κ2) is 5.37. The summed E-state index contributed by atoms with van der Waals surface area (Å²) in [6, 6.07) is 3.03. The van der Waals surface area contributed by atoms with Crippen LogP contribution in [0, 0.1) is 11.6 Å². The molecule has 2 fully saturated rings. The van der Waals surface area contributed by atoms with E-state index in [0.717, 1.165) is 39.0 Å². The molecule has 1 aromatic carbocycles. The largest absolute Gasteiger partial charge is 0.367 e. The molecule has 5 heteroatoms. The Bertz CT molecular complexity index is 481. The van der Waals surface area contributed by atoms with E-state index in [-0.39, 0.29) is 10.3 Å². The Hall–Kier alpha value is -0.680. The van der Waals surface area contributed by atoms with Crippen molar-refractivity contribution in [1.29, 1.82) is 0 Å². The summed E-state index contributed by atoms with van der Waals surface area (Å²) in [5, 5.41) is 0. The fourth-order valence-corrected chi connectivity index (χ4v) is 3.50. The van der Waals surface area contributed by atoms with Crippen LogP contribution in [0.5, 0.6) is 0 Å². The zero-order chi connectivity index (χ0) is 13.4. The second-order valence-electron chi connectivity index (χ2n) is 5.35. The lowest BCUT2D eigenvalue weighted by atomic mass is 10.2. The van der Waals surface area contributed by atoms with Crippen molar-refractivity contribution in [2.75, 3.05) is 31.1 Å². The summed E-state index contributed by atoms with van der Waals surface area (Å²) >= 11 is 3.02. The van der Waals surface area contributed by atoms with Gasteiger partial charge in [-0.25, -0.2) is 8.78 Å². The van der Waals surface area contributed by atoms with E-state index in [4.69, 9.17) is 0 Å². The van der Waals surface area contributed by atoms with E-state index in [0.29, 0.717) is 11.7 Å². The molecule has 0 aromatic heterocycles. The van der Waals surface area contributed by atoms with E-state index in [1.165, 1.54) is 18.6 Å². The van der Waals surface area contributed by atoms with Crippen LogP contribution in [0.4, 0.5) is 14.5 Å². The maximum Gasteiger partial charge on any atom is 0.147 e. The van der Waals surface area contributed by atoms with Crippen LogP contribution in [0.2, 0.25) is 0 Å². The van der Waals surface area contributed by atoms with Crippen molar-refractivity contribution in [3.8, 4) is 0 Å². The Morgan fingerprint density at radius 2 is 1.84 bits per heavy atom. The van der Waals surface area contributed by atoms with Gasteiger partial charge in [-0.15, -0.1) is 0 Å². The van der Waals surface area contributed by atoms with Crippen LogP contribution in [0.1, 0.15) is 19.3 Å². The van der Waals surface area contributed by atoms with Gasteiger partial charge in [0.15, 0.2) is 0 Å². The second-order valence-corrected chi connectivity index (χ2v) is 6.20. The molecule has 19 heavy (non-hydrogen) atoms. The van der Waals surface area contributed by atoms with Crippen LogP contribution >= 0.6 is 15.9 Å². The summed E-state index contributed by atoms with van der Waals surface area (Å²) in [7, 11) is 0. The number of benzene rings is 1. The lowest BCUT2D eigenvalue weighted by molar-refractivity contribution is 0.273. The van der Waals surface area contributed by atoms with E-state index in [1.807, 2.05) is 4.90 Å². The van der Waals surface area contributed by atoms with Crippen molar-refractivity contribution in [3.63, 3.8) is 0 Å². The van der Waals surface area contributed by atoms with Crippen LogP contribution in [0.3, 0.4) is 0 Å². The lowest BCUT2D eigenvalue weighted by Gasteiger charge is -2.27. The molecule has 0 amide bonds.